The van der Waals surface area contributed by atoms with Crippen molar-refractivity contribution < 1.29 is 9.90 Å². The number of hydrogen-bond donors (Lipinski definition) is 1. The van der Waals surface area contributed by atoms with E-state index < -0.39 is 5.97 Å². The van der Waals surface area contributed by atoms with Crippen LogP contribution in [0.15, 0.2) is 12.1 Å². The Balaban J connectivity index is 1.78. The molecule has 0 aliphatic heterocycles. The molecule has 0 saturated heterocycles. The van der Waals surface area contributed by atoms with Crippen LogP contribution in [0.25, 0.3) is 0 Å². The monoisotopic (exact) mass is 309 g/mol. The van der Waals surface area contributed by atoms with Crippen LogP contribution in [0.5, 0.6) is 0 Å². The number of carboxylic acid groups (broad SMARTS) is 1. The summed E-state index contributed by atoms with van der Waals surface area (Å²) in [6.45, 7) is 2.48. The predicted molar refractivity (Wildman–Crippen MR) is 87.4 cm³/mol. The molecule has 0 radical (unpaired) electrons. The smallest absolute Gasteiger partial charge is 0.337 e. The molecule has 120 valence electrons. The van der Waals surface area contributed by atoms with Gasteiger partial charge in [0.2, 0.25) is 0 Å². The van der Waals surface area contributed by atoms with Gasteiger partial charge in [-0.2, -0.15) is 5.26 Å². The van der Waals surface area contributed by atoms with Crippen LogP contribution in [0.4, 0.5) is 0 Å². The molecule has 2 fully saturated rings. The lowest BCUT2D eigenvalue weighted by molar-refractivity contribution is 0.0597. The van der Waals surface area contributed by atoms with Crippen LogP contribution in [-0.2, 0) is 6.42 Å². The molecule has 1 N–H and O–H groups in total. The van der Waals surface area contributed by atoms with Gasteiger partial charge in [0.25, 0.3) is 0 Å². The lowest BCUT2D eigenvalue weighted by Gasteiger charge is -2.49. The summed E-state index contributed by atoms with van der Waals surface area (Å²) in [6, 6.07) is 5.84. The van der Waals surface area contributed by atoms with E-state index in [2.05, 4.69) is 13.0 Å². The molecule has 3 aliphatic rings. The highest BCUT2D eigenvalue weighted by Crippen LogP contribution is 2.61. The minimum Gasteiger partial charge on any atom is -0.478 e. The Bertz CT molecular complexity index is 717. The Morgan fingerprint density at radius 3 is 2.87 bits per heavy atom. The molecule has 1 aromatic rings. The summed E-state index contributed by atoms with van der Waals surface area (Å²) in [5, 5.41) is 18.8. The number of nitriles is 1. The first-order valence-corrected chi connectivity index (χ1v) is 8.84. The molecule has 4 atom stereocenters. The van der Waals surface area contributed by atoms with Gasteiger partial charge in [-0.1, -0.05) is 19.4 Å². The number of carbonyl (C=O) groups is 1. The van der Waals surface area contributed by atoms with E-state index >= 15 is 0 Å². The Labute approximate surface area is 137 Å². The molecule has 23 heavy (non-hydrogen) atoms. The van der Waals surface area contributed by atoms with Crippen LogP contribution in [0.2, 0.25) is 0 Å². The summed E-state index contributed by atoms with van der Waals surface area (Å²) < 4.78 is 0. The van der Waals surface area contributed by atoms with Crippen molar-refractivity contribution in [3.63, 3.8) is 0 Å². The van der Waals surface area contributed by atoms with Gasteiger partial charge >= 0.3 is 5.97 Å². The second-order valence-corrected chi connectivity index (χ2v) is 7.97. The van der Waals surface area contributed by atoms with Gasteiger partial charge in [0.05, 0.1) is 11.1 Å². The molecule has 4 rings (SSSR count). The van der Waals surface area contributed by atoms with E-state index in [0.717, 1.165) is 30.2 Å². The van der Waals surface area contributed by atoms with Crippen LogP contribution in [-0.4, -0.2) is 11.1 Å². The maximum Gasteiger partial charge on any atom is 0.337 e. The average molecular weight is 309 g/mol. The van der Waals surface area contributed by atoms with E-state index in [1.54, 1.807) is 6.07 Å². The Hall–Kier alpha value is -1.82. The minimum atomic E-state index is -0.988. The number of fused-ring (bicyclic) bond motifs is 5. The maximum absolute atomic E-state index is 11.4. The number of rotatable bonds is 1. The van der Waals surface area contributed by atoms with E-state index in [-0.39, 0.29) is 5.56 Å². The highest BCUT2D eigenvalue weighted by molar-refractivity contribution is 5.91. The van der Waals surface area contributed by atoms with Gasteiger partial charge < -0.3 is 5.11 Å². The molecule has 0 amide bonds. The van der Waals surface area contributed by atoms with E-state index in [1.165, 1.54) is 37.7 Å². The van der Waals surface area contributed by atoms with Gasteiger partial charge in [0.15, 0.2) is 0 Å². The first-order chi connectivity index (χ1) is 11.0. The third-order valence-corrected chi connectivity index (χ3v) is 7.04. The van der Waals surface area contributed by atoms with Crippen molar-refractivity contribution in [2.45, 2.75) is 57.8 Å². The quantitative estimate of drug-likeness (QED) is 0.830. The SMILES string of the molecule is C[C@@]12CCC[C@H]1[C@@H]1CCc3c(ccc(C(=O)O)c3C#N)[C@H]1CC2. The highest BCUT2D eigenvalue weighted by atomic mass is 16.4. The second-order valence-electron chi connectivity index (χ2n) is 7.97. The van der Waals surface area contributed by atoms with E-state index in [4.69, 9.17) is 0 Å². The summed E-state index contributed by atoms with van der Waals surface area (Å²) in [5.41, 5.74) is 3.41. The van der Waals surface area contributed by atoms with Crippen LogP contribution in [0, 0.1) is 28.6 Å². The van der Waals surface area contributed by atoms with E-state index in [9.17, 15) is 15.2 Å². The Kier molecular flexibility index (Phi) is 3.27. The van der Waals surface area contributed by atoms with Crippen molar-refractivity contribution in [1.82, 2.24) is 0 Å². The molecule has 3 heteroatoms. The summed E-state index contributed by atoms with van der Waals surface area (Å²) in [6.07, 6.45) is 8.55. The van der Waals surface area contributed by atoms with Crippen molar-refractivity contribution in [3.8, 4) is 6.07 Å². The van der Waals surface area contributed by atoms with Crippen molar-refractivity contribution in [3.05, 3.63) is 34.4 Å². The molecule has 0 heterocycles. The third-order valence-electron chi connectivity index (χ3n) is 7.04. The zero-order valence-corrected chi connectivity index (χ0v) is 13.6. The molecular formula is C20H23NO2. The normalized spacial score (nSPS) is 34.9. The fraction of sp³-hybridized carbons (Fsp3) is 0.600. The number of nitrogens with zero attached hydrogens (tertiary/aromatic N) is 1. The first-order valence-electron chi connectivity index (χ1n) is 8.84. The zero-order chi connectivity index (χ0) is 16.2. The molecule has 0 spiro atoms. The number of benzene rings is 1. The van der Waals surface area contributed by atoms with E-state index in [0.29, 0.717) is 16.9 Å². The van der Waals surface area contributed by atoms with Gasteiger partial charge in [0, 0.05) is 0 Å². The molecule has 0 unspecified atom stereocenters. The fourth-order valence-corrected chi connectivity index (χ4v) is 5.97. The minimum absolute atomic E-state index is 0.172. The van der Waals surface area contributed by atoms with Crippen molar-refractivity contribution in [1.29, 1.82) is 5.26 Å². The van der Waals surface area contributed by atoms with Crippen molar-refractivity contribution in [2.24, 2.45) is 17.3 Å². The van der Waals surface area contributed by atoms with Gasteiger partial charge in [0.1, 0.15) is 6.07 Å². The van der Waals surface area contributed by atoms with Gasteiger partial charge in [-0.05, 0) is 78.9 Å². The molecule has 0 aromatic heterocycles. The molecular weight excluding hydrogens is 286 g/mol. The van der Waals surface area contributed by atoms with Gasteiger partial charge in [-0.3, -0.25) is 0 Å². The summed E-state index contributed by atoms with van der Waals surface area (Å²) >= 11 is 0. The predicted octanol–water partition coefficient (Wildman–Crippen LogP) is 4.50. The van der Waals surface area contributed by atoms with Crippen molar-refractivity contribution >= 4 is 5.97 Å². The molecule has 0 bridgehead atoms. The maximum atomic E-state index is 11.4. The second kappa shape index (κ2) is 5.09. The Morgan fingerprint density at radius 2 is 2.13 bits per heavy atom. The Morgan fingerprint density at radius 1 is 1.30 bits per heavy atom. The molecule has 2 saturated carbocycles. The standard InChI is InChI=1S/C20H23NO2/c1-20-9-2-3-18(20)15-6-4-13-12(14(15)8-10-20)5-7-16(19(22)23)17(13)11-21/h5,7,14-15,18H,2-4,6,8-10H2,1H3,(H,22,23)/t14-,15-,18+,20+/m1/s1. The zero-order valence-electron chi connectivity index (χ0n) is 13.6. The topological polar surface area (TPSA) is 61.1 Å². The summed E-state index contributed by atoms with van der Waals surface area (Å²) in [7, 11) is 0. The number of hydrogen-bond acceptors (Lipinski definition) is 2. The highest BCUT2D eigenvalue weighted by Gasteiger charge is 2.50. The first kappa shape index (κ1) is 14.8. The third kappa shape index (κ3) is 2.04. The van der Waals surface area contributed by atoms with Crippen LogP contribution >= 0.6 is 0 Å². The summed E-state index contributed by atoms with van der Waals surface area (Å²) in [4.78, 5) is 11.4. The van der Waals surface area contributed by atoms with Crippen LogP contribution in [0.1, 0.15) is 78.4 Å². The van der Waals surface area contributed by atoms with Crippen LogP contribution < -0.4 is 0 Å². The number of carboxylic acids is 1. The molecule has 3 nitrogen and oxygen atoms in total. The fourth-order valence-electron chi connectivity index (χ4n) is 5.97. The van der Waals surface area contributed by atoms with Crippen molar-refractivity contribution in [2.75, 3.05) is 0 Å². The summed E-state index contributed by atoms with van der Waals surface area (Å²) in [5.74, 6) is 1.09. The van der Waals surface area contributed by atoms with E-state index in [1.807, 2.05) is 6.07 Å². The van der Waals surface area contributed by atoms with Crippen LogP contribution in [0.3, 0.4) is 0 Å². The average Bonchev–Trinajstić information content (AvgIpc) is 2.94. The molecule has 1 aromatic carbocycles. The lowest BCUT2D eigenvalue weighted by Crippen LogP contribution is -2.39. The molecule has 3 aliphatic carbocycles. The largest absolute Gasteiger partial charge is 0.478 e. The lowest BCUT2D eigenvalue weighted by atomic mass is 9.55. The number of aromatic carboxylic acids is 1. The van der Waals surface area contributed by atoms with Gasteiger partial charge in [-0.15, -0.1) is 0 Å². The van der Waals surface area contributed by atoms with Gasteiger partial charge in [-0.25, -0.2) is 4.79 Å².